The van der Waals surface area contributed by atoms with Gasteiger partial charge in [0.05, 0.1) is 0 Å². The van der Waals surface area contributed by atoms with Crippen LogP contribution in [0.1, 0.15) is 0 Å². The Morgan fingerprint density at radius 3 is 1.88 bits per heavy atom. The lowest BCUT2D eigenvalue weighted by Gasteiger charge is -1.94. The molecule has 2 N–H and O–H groups in total. The lowest BCUT2D eigenvalue weighted by atomic mass is 11.4. The zero-order chi connectivity index (χ0) is 6.78. The Kier molecular flexibility index (Phi) is 2.26. The van der Waals surface area contributed by atoms with Crippen molar-refractivity contribution in [3.05, 3.63) is 0 Å². The van der Waals surface area contributed by atoms with Gasteiger partial charge in [-0.2, -0.15) is 17.2 Å². The van der Waals surface area contributed by atoms with Crippen molar-refractivity contribution in [3.63, 3.8) is 0 Å². The van der Waals surface area contributed by atoms with E-state index < -0.39 is 16.9 Å². The molecule has 7 heteroatoms. The molecule has 0 fully saturated rings. The van der Waals surface area contributed by atoms with Gasteiger partial charge in [0.15, 0.2) is 0 Å². The van der Waals surface area contributed by atoms with Crippen LogP contribution in [0.4, 0.5) is 8.78 Å². The molecule has 0 aromatic heterocycles. The summed E-state index contributed by atoms with van der Waals surface area (Å²) in [5.41, 5.74) is 0. The maximum atomic E-state index is 10.9. The summed E-state index contributed by atoms with van der Waals surface area (Å²) in [6, 6.07) is 0. The van der Waals surface area contributed by atoms with E-state index in [-0.39, 0.29) is 0 Å². The van der Waals surface area contributed by atoms with Crippen molar-refractivity contribution in [1.29, 1.82) is 0 Å². The lowest BCUT2D eigenvalue weighted by molar-refractivity contribution is 0.132. The van der Waals surface area contributed by atoms with E-state index in [1.165, 1.54) is 0 Å². The van der Waals surface area contributed by atoms with Crippen LogP contribution in [0.3, 0.4) is 0 Å². The number of hydrogen-bond acceptors (Lipinski definition) is 2. The topological polar surface area (TPSA) is 66.4 Å². The van der Waals surface area contributed by atoms with E-state index in [0.29, 0.717) is 4.72 Å². The molecule has 0 amide bonds. The number of alkyl halides is 2. The van der Waals surface area contributed by atoms with E-state index in [0.717, 1.165) is 0 Å². The van der Waals surface area contributed by atoms with Gasteiger partial charge in [-0.25, -0.2) is 0 Å². The molecule has 0 saturated carbocycles. The predicted molar refractivity (Wildman–Crippen MR) is 20.7 cm³/mol. The summed E-state index contributed by atoms with van der Waals surface area (Å²) in [5, 5.41) is 0. The van der Waals surface area contributed by atoms with Crippen molar-refractivity contribution in [2.24, 2.45) is 0 Å². The van der Waals surface area contributed by atoms with Crippen molar-refractivity contribution in [3.8, 4) is 0 Å². The largest absolute Gasteiger partial charge is 0.337 e. The van der Waals surface area contributed by atoms with Crippen molar-refractivity contribution in [2.45, 2.75) is 6.55 Å². The quantitative estimate of drug-likeness (QED) is 0.412. The van der Waals surface area contributed by atoms with Gasteiger partial charge in [0.2, 0.25) is 0 Å². The van der Waals surface area contributed by atoms with Crippen LogP contribution in [0.5, 0.6) is 0 Å². The molecule has 0 aromatic rings. The van der Waals surface area contributed by atoms with Crippen LogP contribution in [0.25, 0.3) is 0 Å². The van der Waals surface area contributed by atoms with E-state index in [1.807, 2.05) is 0 Å². The van der Waals surface area contributed by atoms with Gasteiger partial charge in [0.1, 0.15) is 0 Å². The Hall–Kier alpha value is -0.270. The molecule has 0 aliphatic carbocycles. The van der Waals surface area contributed by atoms with Gasteiger partial charge in [0, 0.05) is 0 Å². The zero-order valence-corrected chi connectivity index (χ0v) is 4.32. The van der Waals surface area contributed by atoms with Crippen LogP contribution >= 0.6 is 0 Å². The van der Waals surface area contributed by atoms with E-state index in [2.05, 4.69) is 0 Å². The fourth-order valence-corrected chi connectivity index (χ4v) is 0.338. The first-order valence-electron chi connectivity index (χ1n) is 1.45. The first kappa shape index (κ1) is 7.73. The number of halogens is 2. The van der Waals surface area contributed by atoms with Crippen molar-refractivity contribution in [1.82, 2.24) is 4.72 Å². The maximum Gasteiger partial charge on any atom is 0.337 e. The summed E-state index contributed by atoms with van der Waals surface area (Å²) in [7, 11) is -4.72. The summed E-state index contributed by atoms with van der Waals surface area (Å²) < 4.78 is 48.7. The molecule has 0 rings (SSSR count). The normalized spacial score (nSPS) is 12.5. The van der Waals surface area contributed by atoms with Gasteiger partial charge in [-0.05, 0) is 0 Å². The van der Waals surface area contributed by atoms with E-state index in [1.54, 1.807) is 0 Å². The Morgan fingerprint density at radius 2 is 1.88 bits per heavy atom. The van der Waals surface area contributed by atoms with E-state index in [9.17, 15) is 17.2 Å². The second-order valence-electron chi connectivity index (χ2n) is 0.894. The molecule has 0 aliphatic rings. The molecule has 0 saturated heterocycles. The molecule has 0 unspecified atom stereocenters. The van der Waals surface area contributed by atoms with Crippen molar-refractivity contribution < 1.29 is 21.8 Å². The van der Waals surface area contributed by atoms with Crippen LogP contribution in [0, 0.1) is 0 Å². The van der Waals surface area contributed by atoms with Crippen LogP contribution in [0.15, 0.2) is 0 Å². The molecule has 0 aromatic carbocycles. The highest BCUT2D eigenvalue weighted by Crippen LogP contribution is 1.86. The minimum atomic E-state index is -4.72. The molecule has 0 spiro atoms. The van der Waals surface area contributed by atoms with Crippen LogP contribution < -0.4 is 4.72 Å². The highest BCUT2D eigenvalue weighted by atomic mass is 32.2. The van der Waals surface area contributed by atoms with Gasteiger partial charge >= 0.3 is 16.9 Å². The molecule has 0 radical (unpaired) electrons. The number of rotatable bonds is 2. The Bertz CT molecular complexity index is 151. The van der Waals surface area contributed by atoms with Crippen LogP contribution in [-0.4, -0.2) is 19.5 Å². The van der Waals surface area contributed by atoms with Crippen molar-refractivity contribution >= 4 is 10.3 Å². The van der Waals surface area contributed by atoms with Crippen molar-refractivity contribution in [2.75, 3.05) is 0 Å². The Labute approximate surface area is 44.4 Å². The molecule has 0 bridgehead atoms. The monoisotopic (exact) mass is 147 g/mol. The van der Waals surface area contributed by atoms with Crippen LogP contribution in [-0.2, 0) is 10.3 Å². The third-order valence-electron chi connectivity index (χ3n) is 0.238. The minimum Gasteiger partial charge on any atom is -0.273 e. The molecule has 4 nitrogen and oxygen atoms in total. The Balaban J connectivity index is 3.75. The molecular formula is CH3F2NO3S. The van der Waals surface area contributed by atoms with Crippen LogP contribution in [0.2, 0.25) is 0 Å². The summed E-state index contributed by atoms with van der Waals surface area (Å²) in [5.74, 6) is 0. The minimum absolute atomic E-state index is 0.576. The molecular weight excluding hydrogens is 144 g/mol. The SMILES string of the molecule is O=S(=O)(O)NC(F)F. The highest BCUT2D eigenvalue weighted by Gasteiger charge is 2.09. The highest BCUT2D eigenvalue weighted by molar-refractivity contribution is 7.83. The molecule has 0 heterocycles. The van der Waals surface area contributed by atoms with E-state index >= 15 is 0 Å². The summed E-state index contributed by atoms with van der Waals surface area (Å²) in [4.78, 5) is 0. The summed E-state index contributed by atoms with van der Waals surface area (Å²) in [6.45, 7) is -3.25. The van der Waals surface area contributed by atoms with Gasteiger partial charge in [-0.1, -0.05) is 0 Å². The predicted octanol–water partition coefficient (Wildman–Crippen LogP) is -0.399. The molecule has 8 heavy (non-hydrogen) atoms. The molecule has 0 atom stereocenters. The molecule has 0 aliphatic heterocycles. The fraction of sp³-hybridized carbons (Fsp3) is 1.00. The van der Waals surface area contributed by atoms with Gasteiger partial charge in [-0.3, -0.25) is 4.55 Å². The maximum absolute atomic E-state index is 10.9. The second-order valence-corrected chi connectivity index (χ2v) is 2.08. The third-order valence-corrected chi connectivity index (χ3v) is 0.714. The number of nitrogens with one attached hydrogen (secondary N) is 1. The van der Waals surface area contributed by atoms with Gasteiger partial charge < -0.3 is 0 Å². The van der Waals surface area contributed by atoms with Gasteiger partial charge in [0.25, 0.3) is 0 Å². The Morgan fingerprint density at radius 1 is 1.50 bits per heavy atom. The average Bonchev–Trinajstić information content (AvgIpc) is 1.21. The standard InChI is InChI=1S/CH3F2NO3S/c2-1(3)4-8(5,6)7/h1,4H,(H,5,6,7). The smallest absolute Gasteiger partial charge is 0.273 e. The van der Waals surface area contributed by atoms with E-state index in [4.69, 9.17) is 4.55 Å². The first-order valence-corrected chi connectivity index (χ1v) is 2.89. The second kappa shape index (κ2) is 2.33. The molecule has 50 valence electrons. The van der Waals surface area contributed by atoms with Gasteiger partial charge in [-0.15, -0.1) is 4.72 Å². The zero-order valence-electron chi connectivity index (χ0n) is 3.51. The average molecular weight is 147 g/mol. The summed E-state index contributed by atoms with van der Waals surface area (Å²) >= 11 is 0. The first-order chi connectivity index (χ1) is 3.42. The third kappa shape index (κ3) is 5.73. The fourth-order valence-electron chi connectivity index (χ4n) is 0.113. The lowest BCUT2D eigenvalue weighted by Crippen LogP contribution is -2.27. The summed E-state index contributed by atoms with van der Waals surface area (Å²) in [6.07, 6.45) is 0. The number of hydrogen-bond donors (Lipinski definition) is 2.